The van der Waals surface area contributed by atoms with Gasteiger partial charge in [0.2, 0.25) is 0 Å². The van der Waals surface area contributed by atoms with E-state index in [0.29, 0.717) is 13.0 Å². The fourth-order valence-corrected chi connectivity index (χ4v) is 3.91. The molecular formula is C21H43BO3. The van der Waals surface area contributed by atoms with Gasteiger partial charge in [-0.05, 0) is 71.1 Å². The number of hydrogen-bond acceptors (Lipinski definition) is 3. The molecule has 1 unspecified atom stereocenters. The van der Waals surface area contributed by atoms with Crippen molar-refractivity contribution in [2.24, 2.45) is 10.8 Å². The van der Waals surface area contributed by atoms with Gasteiger partial charge in [0.05, 0.1) is 11.2 Å². The van der Waals surface area contributed by atoms with Crippen molar-refractivity contribution in [3.05, 3.63) is 0 Å². The second kappa shape index (κ2) is 8.76. The maximum Gasteiger partial charge on any atom is 0.113 e. The van der Waals surface area contributed by atoms with Crippen LogP contribution in [-0.4, -0.2) is 42.9 Å². The van der Waals surface area contributed by atoms with Crippen LogP contribution in [0.4, 0.5) is 0 Å². The first-order chi connectivity index (χ1) is 10.9. The minimum Gasteiger partial charge on any atom is -0.396 e. The number of rotatable bonds is 11. The summed E-state index contributed by atoms with van der Waals surface area (Å²) < 4.78 is 12.3. The van der Waals surface area contributed by atoms with E-state index in [0.717, 1.165) is 19.3 Å². The molecule has 0 bridgehead atoms. The minimum absolute atomic E-state index is 0.0238. The Kier molecular flexibility index (Phi) is 8.74. The summed E-state index contributed by atoms with van der Waals surface area (Å²) in [5.41, 5.74) is -1.07. The molecule has 0 fully saturated rings. The summed E-state index contributed by atoms with van der Waals surface area (Å²) in [6.45, 7) is 22.1. The molecule has 0 aromatic rings. The monoisotopic (exact) mass is 354 g/mol. The van der Waals surface area contributed by atoms with E-state index in [9.17, 15) is 5.11 Å². The molecule has 0 rings (SSSR count). The molecule has 3 nitrogen and oxygen atoms in total. The number of ether oxygens (including phenoxy) is 2. The topological polar surface area (TPSA) is 38.7 Å². The van der Waals surface area contributed by atoms with Crippen molar-refractivity contribution >= 4 is 7.85 Å². The third-order valence-corrected chi connectivity index (χ3v) is 4.28. The van der Waals surface area contributed by atoms with Crippen molar-refractivity contribution in [1.29, 1.82) is 0 Å². The van der Waals surface area contributed by atoms with Crippen LogP contribution in [0.5, 0.6) is 0 Å². The molecule has 0 aromatic heterocycles. The molecule has 0 aliphatic rings. The highest BCUT2D eigenvalue weighted by atomic mass is 16.5. The van der Waals surface area contributed by atoms with Crippen LogP contribution < -0.4 is 0 Å². The number of aliphatic hydroxyl groups excluding tert-OH is 1. The highest BCUT2D eigenvalue weighted by Crippen LogP contribution is 2.39. The molecule has 148 valence electrons. The standard InChI is InChI=1S/C21H43BO3/c1-17(2,3)12-14-24-21(10,22)16-18(4,5)15-20(8,9)25-19(6,7)11-13-23/h23H,11-16H2,1-10H3. The van der Waals surface area contributed by atoms with Gasteiger partial charge in [0.25, 0.3) is 0 Å². The summed E-state index contributed by atoms with van der Waals surface area (Å²) in [5, 5.41) is 9.21. The van der Waals surface area contributed by atoms with Gasteiger partial charge in [0.1, 0.15) is 7.85 Å². The zero-order valence-electron chi connectivity index (χ0n) is 18.6. The van der Waals surface area contributed by atoms with Crippen LogP contribution in [0.2, 0.25) is 0 Å². The van der Waals surface area contributed by atoms with Gasteiger partial charge in [-0.2, -0.15) is 0 Å². The largest absolute Gasteiger partial charge is 0.396 e. The highest BCUT2D eigenvalue weighted by Gasteiger charge is 2.37. The highest BCUT2D eigenvalue weighted by molar-refractivity contribution is 6.14. The van der Waals surface area contributed by atoms with E-state index in [1.54, 1.807) is 0 Å². The fraction of sp³-hybridized carbons (Fsp3) is 1.00. The quantitative estimate of drug-likeness (QED) is 0.526. The van der Waals surface area contributed by atoms with Gasteiger partial charge in [0.15, 0.2) is 0 Å². The average Bonchev–Trinajstić information content (AvgIpc) is 2.19. The Morgan fingerprint density at radius 2 is 1.28 bits per heavy atom. The van der Waals surface area contributed by atoms with Crippen LogP contribution in [0.25, 0.3) is 0 Å². The van der Waals surface area contributed by atoms with Crippen molar-refractivity contribution < 1.29 is 14.6 Å². The maximum atomic E-state index is 9.21. The first kappa shape index (κ1) is 24.9. The molecule has 0 aliphatic carbocycles. The van der Waals surface area contributed by atoms with Crippen LogP contribution in [0, 0.1) is 10.8 Å². The van der Waals surface area contributed by atoms with E-state index < -0.39 is 5.50 Å². The molecule has 2 radical (unpaired) electrons. The molecule has 25 heavy (non-hydrogen) atoms. The summed E-state index contributed by atoms with van der Waals surface area (Å²) in [4.78, 5) is 0. The Bertz CT molecular complexity index is 392. The lowest BCUT2D eigenvalue weighted by Gasteiger charge is -2.43. The first-order valence-corrected chi connectivity index (χ1v) is 9.63. The molecule has 1 N–H and O–H groups in total. The van der Waals surface area contributed by atoms with Crippen LogP contribution in [0.15, 0.2) is 0 Å². The summed E-state index contributed by atoms with van der Waals surface area (Å²) in [6.07, 6.45) is 3.24. The van der Waals surface area contributed by atoms with E-state index in [1.165, 1.54) is 0 Å². The molecule has 0 spiro atoms. The van der Waals surface area contributed by atoms with Gasteiger partial charge in [-0.25, -0.2) is 0 Å². The van der Waals surface area contributed by atoms with Gasteiger partial charge >= 0.3 is 0 Å². The summed E-state index contributed by atoms with van der Waals surface area (Å²) >= 11 is 0. The second-order valence-corrected chi connectivity index (χ2v) is 11.1. The van der Waals surface area contributed by atoms with Crippen LogP contribution >= 0.6 is 0 Å². The lowest BCUT2D eigenvalue weighted by atomic mass is 9.67. The van der Waals surface area contributed by atoms with Crippen molar-refractivity contribution in [3.63, 3.8) is 0 Å². The van der Waals surface area contributed by atoms with E-state index in [-0.39, 0.29) is 28.6 Å². The Hall–Kier alpha value is -0.0551. The Morgan fingerprint density at radius 3 is 1.72 bits per heavy atom. The molecule has 4 heteroatoms. The zero-order chi connectivity index (χ0) is 20.2. The van der Waals surface area contributed by atoms with Gasteiger partial charge in [-0.1, -0.05) is 34.6 Å². The Balaban J connectivity index is 4.73. The van der Waals surface area contributed by atoms with Crippen LogP contribution in [0.1, 0.15) is 94.9 Å². The summed E-state index contributed by atoms with van der Waals surface area (Å²) in [6, 6.07) is 0. The Labute approximate surface area is 158 Å². The lowest BCUT2D eigenvalue weighted by molar-refractivity contribution is -0.147. The van der Waals surface area contributed by atoms with Gasteiger partial charge in [-0.15, -0.1) is 0 Å². The van der Waals surface area contributed by atoms with E-state index >= 15 is 0 Å². The lowest BCUT2D eigenvalue weighted by Crippen LogP contribution is -2.43. The predicted molar refractivity (Wildman–Crippen MR) is 108 cm³/mol. The molecule has 0 aliphatic heterocycles. The van der Waals surface area contributed by atoms with Crippen molar-refractivity contribution in [2.45, 2.75) is 112 Å². The molecule has 0 aromatic carbocycles. The van der Waals surface area contributed by atoms with Gasteiger partial charge < -0.3 is 14.6 Å². The average molecular weight is 354 g/mol. The SMILES string of the molecule is [B]C(C)(CC(C)(C)CC(C)(C)OC(C)(C)CCO)OCCC(C)(C)C. The first-order valence-electron chi connectivity index (χ1n) is 9.63. The Morgan fingerprint density at radius 1 is 0.760 bits per heavy atom. The summed E-state index contributed by atoms with van der Waals surface area (Å²) in [7, 11) is 6.43. The zero-order valence-corrected chi connectivity index (χ0v) is 18.6. The van der Waals surface area contributed by atoms with Crippen molar-refractivity contribution in [3.8, 4) is 0 Å². The molecule has 0 saturated carbocycles. The second-order valence-electron chi connectivity index (χ2n) is 11.1. The van der Waals surface area contributed by atoms with Crippen molar-refractivity contribution in [1.82, 2.24) is 0 Å². The summed E-state index contributed by atoms with van der Waals surface area (Å²) in [5.74, 6) is 0. The third kappa shape index (κ3) is 12.9. The van der Waals surface area contributed by atoms with Crippen LogP contribution in [0.3, 0.4) is 0 Å². The van der Waals surface area contributed by atoms with Gasteiger partial charge in [-0.3, -0.25) is 0 Å². The van der Waals surface area contributed by atoms with E-state index in [1.807, 2.05) is 20.8 Å². The predicted octanol–water partition coefficient (Wildman–Crippen LogP) is 5.09. The fourth-order valence-electron chi connectivity index (χ4n) is 3.91. The smallest absolute Gasteiger partial charge is 0.113 e. The van der Waals surface area contributed by atoms with E-state index in [2.05, 4.69) is 48.5 Å². The minimum atomic E-state index is -0.647. The molecule has 0 amide bonds. The third-order valence-electron chi connectivity index (χ3n) is 4.28. The maximum absolute atomic E-state index is 9.21. The molecule has 0 saturated heterocycles. The van der Waals surface area contributed by atoms with Crippen LogP contribution in [-0.2, 0) is 9.47 Å². The van der Waals surface area contributed by atoms with Gasteiger partial charge in [0, 0.05) is 18.7 Å². The number of hydrogen-bond donors (Lipinski definition) is 1. The molecular weight excluding hydrogens is 311 g/mol. The molecule has 1 atom stereocenters. The normalized spacial score (nSPS) is 16.8. The molecule has 0 heterocycles. The number of aliphatic hydroxyl groups is 1. The van der Waals surface area contributed by atoms with Crippen molar-refractivity contribution in [2.75, 3.05) is 13.2 Å². The van der Waals surface area contributed by atoms with E-state index in [4.69, 9.17) is 17.3 Å².